The highest BCUT2D eigenvalue weighted by molar-refractivity contribution is 5.87. The standard InChI is InChI=1S/C16H20FN3O3/c1-2-14(21)18-9-7-15(22)20-10-4-5-12(11-20)23-16-13(17)6-3-8-19-16/h2-3,6,8,12H,1,4-5,7,9-11H2,(H,18,21). The van der Waals surface area contributed by atoms with Gasteiger partial charge in [-0.2, -0.15) is 0 Å². The normalized spacial score (nSPS) is 17.4. The number of nitrogens with one attached hydrogen (secondary N) is 1. The van der Waals surface area contributed by atoms with E-state index in [9.17, 15) is 14.0 Å². The molecule has 1 N–H and O–H groups in total. The molecule has 0 aromatic carbocycles. The second-order valence-corrected chi connectivity index (χ2v) is 5.26. The second-order valence-electron chi connectivity index (χ2n) is 5.26. The number of rotatable bonds is 6. The van der Waals surface area contributed by atoms with E-state index in [1.54, 1.807) is 4.90 Å². The van der Waals surface area contributed by atoms with Crippen molar-refractivity contribution in [2.45, 2.75) is 25.4 Å². The van der Waals surface area contributed by atoms with Crippen LogP contribution in [0.15, 0.2) is 31.0 Å². The molecule has 1 aliphatic rings. The van der Waals surface area contributed by atoms with E-state index in [4.69, 9.17) is 4.74 Å². The highest BCUT2D eigenvalue weighted by Crippen LogP contribution is 2.19. The summed E-state index contributed by atoms with van der Waals surface area (Å²) in [5.41, 5.74) is 0. The largest absolute Gasteiger partial charge is 0.470 e. The van der Waals surface area contributed by atoms with E-state index in [2.05, 4.69) is 16.9 Å². The SMILES string of the molecule is C=CC(=O)NCCC(=O)N1CCCC(Oc2ncccc2F)C1. The molecule has 0 radical (unpaired) electrons. The van der Waals surface area contributed by atoms with Gasteiger partial charge < -0.3 is 15.0 Å². The smallest absolute Gasteiger partial charge is 0.250 e. The highest BCUT2D eigenvalue weighted by atomic mass is 19.1. The van der Waals surface area contributed by atoms with Crippen molar-refractivity contribution in [3.63, 3.8) is 0 Å². The summed E-state index contributed by atoms with van der Waals surface area (Å²) in [7, 11) is 0. The molecule has 1 atom stereocenters. The Morgan fingerprint density at radius 1 is 1.57 bits per heavy atom. The van der Waals surface area contributed by atoms with Crippen LogP contribution in [0.1, 0.15) is 19.3 Å². The number of hydrogen-bond donors (Lipinski definition) is 1. The van der Waals surface area contributed by atoms with E-state index < -0.39 is 5.82 Å². The minimum absolute atomic E-state index is 0.0370. The highest BCUT2D eigenvalue weighted by Gasteiger charge is 2.25. The van der Waals surface area contributed by atoms with Gasteiger partial charge in [0.05, 0.1) is 6.54 Å². The number of pyridine rings is 1. The van der Waals surface area contributed by atoms with Crippen LogP contribution in [0, 0.1) is 5.82 Å². The molecule has 1 aromatic rings. The second kappa shape index (κ2) is 8.26. The third-order valence-electron chi connectivity index (χ3n) is 3.56. The first kappa shape index (κ1) is 16.9. The Morgan fingerprint density at radius 2 is 2.39 bits per heavy atom. The number of hydrogen-bond acceptors (Lipinski definition) is 4. The molecule has 1 saturated heterocycles. The summed E-state index contributed by atoms with van der Waals surface area (Å²) in [4.78, 5) is 28.7. The fourth-order valence-electron chi connectivity index (χ4n) is 2.40. The zero-order valence-electron chi connectivity index (χ0n) is 12.8. The van der Waals surface area contributed by atoms with Gasteiger partial charge in [0.25, 0.3) is 5.88 Å². The van der Waals surface area contributed by atoms with Gasteiger partial charge in [0.15, 0.2) is 5.82 Å². The van der Waals surface area contributed by atoms with Gasteiger partial charge in [0.2, 0.25) is 11.8 Å². The van der Waals surface area contributed by atoms with Crippen LogP contribution in [0.2, 0.25) is 0 Å². The Kier molecular flexibility index (Phi) is 6.08. The van der Waals surface area contributed by atoms with Crippen molar-refractivity contribution in [3.8, 4) is 5.88 Å². The van der Waals surface area contributed by atoms with Crippen LogP contribution in [-0.4, -0.2) is 47.4 Å². The zero-order valence-corrected chi connectivity index (χ0v) is 12.8. The Balaban J connectivity index is 1.83. The summed E-state index contributed by atoms with van der Waals surface area (Å²) < 4.78 is 19.1. The minimum atomic E-state index is -0.511. The van der Waals surface area contributed by atoms with E-state index in [0.717, 1.165) is 18.9 Å². The first-order chi connectivity index (χ1) is 11.1. The monoisotopic (exact) mass is 321 g/mol. The summed E-state index contributed by atoms with van der Waals surface area (Å²) in [6.45, 7) is 4.64. The van der Waals surface area contributed by atoms with Crippen LogP contribution in [0.3, 0.4) is 0 Å². The number of likely N-dealkylation sites (tertiary alicyclic amines) is 1. The van der Waals surface area contributed by atoms with Gasteiger partial charge in [-0.3, -0.25) is 9.59 Å². The lowest BCUT2D eigenvalue weighted by Gasteiger charge is -2.32. The van der Waals surface area contributed by atoms with E-state index in [-0.39, 0.29) is 36.8 Å². The summed E-state index contributed by atoms with van der Waals surface area (Å²) >= 11 is 0. The third kappa shape index (κ3) is 5.05. The average molecular weight is 321 g/mol. The molecule has 6 nitrogen and oxygen atoms in total. The van der Waals surface area contributed by atoms with Crippen LogP contribution in [-0.2, 0) is 9.59 Å². The fraction of sp³-hybridized carbons (Fsp3) is 0.438. The van der Waals surface area contributed by atoms with Gasteiger partial charge in [-0.1, -0.05) is 6.58 Å². The van der Waals surface area contributed by atoms with Crippen LogP contribution in [0.25, 0.3) is 0 Å². The molecule has 1 aromatic heterocycles. The van der Waals surface area contributed by atoms with Gasteiger partial charge in [-0.15, -0.1) is 0 Å². The van der Waals surface area contributed by atoms with E-state index in [1.165, 1.54) is 18.3 Å². The number of carbonyl (C=O) groups is 2. The number of ether oxygens (including phenoxy) is 1. The van der Waals surface area contributed by atoms with Gasteiger partial charge in [0, 0.05) is 25.7 Å². The molecule has 1 unspecified atom stereocenters. The molecule has 1 aliphatic heterocycles. The Labute approximate surface area is 134 Å². The minimum Gasteiger partial charge on any atom is -0.470 e. The molecule has 0 aliphatic carbocycles. The maximum absolute atomic E-state index is 13.6. The molecule has 1 fully saturated rings. The average Bonchev–Trinajstić information content (AvgIpc) is 2.57. The number of halogens is 1. The molecular weight excluding hydrogens is 301 g/mol. The lowest BCUT2D eigenvalue weighted by Crippen LogP contribution is -2.45. The van der Waals surface area contributed by atoms with Crippen molar-refractivity contribution in [1.82, 2.24) is 15.2 Å². The van der Waals surface area contributed by atoms with Crippen LogP contribution in [0.5, 0.6) is 5.88 Å². The lowest BCUT2D eigenvalue weighted by molar-refractivity contribution is -0.133. The summed E-state index contributed by atoms with van der Waals surface area (Å²) in [6.07, 6.45) is 4.09. The van der Waals surface area contributed by atoms with Crippen LogP contribution in [0.4, 0.5) is 4.39 Å². The molecule has 0 spiro atoms. The van der Waals surface area contributed by atoms with Crippen molar-refractivity contribution in [2.24, 2.45) is 0 Å². The first-order valence-electron chi connectivity index (χ1n) is 7.55. The molecular formula is C16H20FN3O3. The molecule has 124 valence electrons. The fourth-order valence-corrected chi connectivity index (χ4v) is 2.40. The maximum atomic E-state index is 13.6. The van der Waals surface area contributed by atoms with E-state index in [1.807, 2.05) is 0 Å². The van der Waals surface area contributed by atoms with Gasteiger partial charge in [-0.25, -0.2) is 9.37 Å². The summed E-state index contributed by atoms with van der Waals surface area (Å²) in [5, 5.41) is 2.57. The summed E-state index contributed by atoms with van der Waals surface area (Å²) in [6, 6.07) is 2.78. The Hall–Kier alpha value is -2.44. The predicted molar refractivity (Wildman–Crippen MR) is 82.2 cm³/mol. The quantitative estimate of drug-likeness (QED) is 0.801. The van der Waals surface area contributed by atoms with Gasteiger partial charge in [-0.05, 0) is 31.1 Å². The maximum Gasteiger partial charge on any atom is 0.250 e. The van der Waals surface area contributed by atoms with Crippen LogP contribution < -0.4 is 10.1 Å². The molecule has 2 amide bonds. The number of aromatic nitrogens is 1. The number of amides is 2. The molecule has 7 heteroatoms. The van der Waals surface area contributed by atoms with E-state index in [0.29, 0.717) is 13.1 Å². The number of carbonyl (C=O) groups excluding carboxylic acids is 2. The van der Waals surface area contributed by atoms with Crippen molar-refractivity contribution < 1.29 is 18.7 Å². The third-order valence-corrected chi connectivity index (χ3v) is 3.56. The van der Waals surface area contributed by atoms with E-state index >= 15 is 0 Å². The summed E-state index contributed by atoms with van der Waals surface area (Å²) in [5.74, 6) is -0.916. The Bertz CT molecular complexity index is 579. The number of nitrogens with zero attached hydrogens (tertiary/aromatic N) is 2. The van der Waals surface area contributed by atoms with Crippen molar-refractivity contribution in [1.29, 1.82) is 0 Å². The van der Waals surface area contributed by atoms with Gasteiger partial charge >= 0.3 is 0 Å². The first-order valence-corrected chi connectivity index (χ1v) is 7.55. The van der Waals surface area contributed by atoms with Gasteiger partial charge in [0.1, 0.15) is 6.10 Å². The van der Waals surface area contributed by atoms with Crippen molar-refractivity contribution >= 4 is 11.8 Å². The van der Waals surface area contributed by atoms with Crippen LogP contribution >= 0.6 is 0 Å². The number of piperidine rings is 1. The molecule has 2 heterocycles. The molecule has 2 rings (SSSR count). The predicted octanol–water partition coefficient (Wildman–Crippen LogP) is 1.28. The van der Waals surface area contributed by atoms with Crippen molar-refractivity contribution in [3.05, 3.63) is 36.8 Å². The molecule has 23 heavy (non-hydrogen) atoms. The topological polar surface area (TPSA) is 71.5 Å². The molecule has 0 bridgehead atoms. The Morgan fingerprint density at radius 3 is 3.13 bits per heavy atom. The lowest BCUT2D eigenvalue weighted by atomic mass is 10.1. The van der Waals surface area contributed by atoms with Crippen molar-refractivity contribution in [2.75, 3.05) is 19.6 Å². The molecule has 0 saturated carbocycles. The zero-order chi connectivity index (χ0) is 16.7.